The second-order valence-electron chi connectivity index (χ2n) is 6.69. The molecule has 136 valence electrons. The van der Waals surface area contributed by atoms with Crippen molar-refractivity contribution in [2.45, 2.75) is 17.9 Å². The Morgan fingerprint density at radius 3 is 2.50 bits per heavy atom. The molecule has 6 heteroatoms. The van der Waals surface area contributed by atoms with E-state index in [2.05, 4.69) is 9.71 Å². The van der Waals surface area contributed by atoms with E-state index in [1.54, 1.807) is 18.3 Å². The van der Waals surface area contributed by atoms with Crippen molar-refractivity contribution in [1.29, 1.82) is 0 Å². The minimum Gasteiger partial charge on any atom is -0.307 e. The highest BCUT2D eigenvalue weighted by atomic mass is 32.2. The Kier molecular flexibility index (Phi) is 5.36. The molecule has 1 aromatic heterocycles. The number of hydrogen-bond acceptors (Lipinski definition) is 4. The van der Waals surface area contributed by atoms with Crippen molar-refractivity contribution in [2.24, 2.45) is 0 Å². The third kappa shape index (κ3) is 4.09. The summed E-state index contributed by atoms with van der Waals surface area (Å²) in [5.74, 6) is 0. The highest BCUT2D eigenvalue weighted by Gasteiger charge is 2.24. The first-order chi connectivity index (χ1) is 12.4. The van der Waals surface area contributed by atoms with E-state index in [0.717, 1.165) is 16.5 Å². The van der Waals surface area contributed by atoms with Crippen LogP contribution in [-0.2, 0) is 10.0 Å². The van der Waals surface area contributed by atoms with Gasteiger partial charge in [0.15, 0.2) is 0 Å². The summed E-state index contributed by atoms with van der Waals surface area (Å²) in [6.45, 7) is 2.49. The second kappa shape index (κ2) is 7.53. The molecule has 1 atom stereocenters. The van der Waals surface area contributed by atoms with Gasteiger partial charge in [-0.3, -0.25) is 4.98 Å². The van der Waals surface area contributed by atoms with Gasteiger partial charge in [0.2, 0.25) is 10.0 Å². The lowest BCUT2D eigenvalue weighted by Crippen LogP contribution is -2.35. The van der Waals surface area contributed by atoms with Crippen molar-refractivity contribution < 1.29 is 8.42 Å². The van der Waals surface area contributed by atoms with Gasteiger partial charge in [0.25, 0.3) is 0 Å². The Morgan fingerprint density at radius 1 is 1.08 bits per heavy atom. The van der Waals surface area contributed by atoms with Gasteiger partial charge in [0.1, 0.15) is 4.90 Å². The average molecular weight is 369 g/mol. The smallest absolute Gasteiger partial charge is 0.243 e. The van der Waals surface area contributed by atoms with Crippen LogP contribution in [0.25, 0.3) is 10.9 Å². The topological polar surface area (TPSA) is 62.3 Å². The summed E-state index contributed by atoms with van der Waals surface area (Å²) in [5.41, 5.74) is 2.41. The van der Waals surface area contributed by atoms with E-state index in [1.165, 1.54) is 0 Å². The van der Waals surface area contributed by atoms with Crippen LogP contribution in [0, 0.1) is 6.92 Å². The van der Waals surface area contributed by atoms with Crippen LogP contribution >= 0.6 is 0 Å². The molecule has 0 bridgehead atoms. The lowest BCUT2D eigenvalue weighted by Gasteiger charge is -2.23. The number of aryl methyl sites for hydroxylation is 1. The Morgan fingerprint density at radius 2 is 1.81 bits per heavy atom. The molecule has 0 amide bonds. The summed E-state index contributed by atoms with van der Waals surface area (Å²) < 4.78 is 29.1. The van der Waals surface area contributed by atoms with Crippen LogP contribution in [0.3, 0.4) is 0 Å². The normalized spacial score (nSPS) is 13.2. The molecule has 3 aromatic rings. The second-order valence-corrected chi connectivity index (χ2v) is 8.37. The first-order valence-corrected chi connectivity index (χ1v) is 9.92. The molecule has 26 heavy (non-hydrogen) atoms. The van der Waals surface area contributed by atoms with Crippen molar-refractivity contribution >= 4 is 20.9 Å². The minimum atomic E-state index is -3.73. The number of likely N-dealkylation sites (N-methyl/N-ethyl adjacent to an activating group) is 1. The summed E-state index contributed by atoms with van der Waals surface area (Å²) in [7, 11) is 0.114. The average Bonchev–Trinajstić information content (AvgIpc) is 2.60. The maximum Gasteiger partial charge on any atom is 0.243 e. The number of fused-ring (bicyclic) bond motifs is 1. The fourth-order valence-electron chi connectivity index (χ4n) is 2.97. The van der Waals surface area contributed by atoms with Crippen LogP contribution in [0.15, 0.2) is 65.7 Å². The van der Waals surface area contributed by atoms with Crippen LogP contribution in [0.2, 0.25) is 0 Å². The molecule has 0 aliphatic carbocycles. The van der Waals surface area contributed by atoms with Gasteiger partial charge in [-0.2, -0.15) is 0 Å². The molecule has 5 nitrogen and oxygen atoms in total. The number of aromatic nitrogens is 1. The molecule has 0 saturated heterocycles. The Hall–Kier alpha value is -2.28. The summed E-state index contributed by atoms with van der Waals surface area (Å²) in [6, 6.07) is 16.4. The zero-order valence-electron chi connectivity index (χ0n) is 15.2. The molecule has 0 fully saturated rings. The number of para-hydroxylation sites is 1. The van der Waals surface area contributed by atoms with Gasteiger partial charge in [-0.05, 0) is 44.3 Å². The summed E-state index contributed by atoms with van der Waals surface area (Å²) in [4.78, 5) is 6.52. The van der Waals surface area contributed by atoms with Crippen molar-refractivity contribution in [1.82, 2.24) is 14.6 Å². The molecule has 1 heterocycles. The minimum absolute atomic E-state index is 0.203. The fraction of sp³-hybridized carbons (Fsp3) is 0.250. The predicted molar refractivity (Wildman–Crippen MR) is 105 cm³/mol. The lowest BCUT2D eigenvalue weighted by molar-refractivity contribution is 0.363. The largest absolute Gasteiger partial charge is 0.307 e. The van der Waals surface area contributed by atoms with E-state index >= 15 is 0 Å². The molecular weight excluding hydrogens is 346 g/mol. The fourth-order valence-corrected chi connectivity index (χ4v) is 4.37. The monoisotopic (exact) mass is 369 g/mol. The molecule has 0 aliphatic rings. The quantitative estimate of drug-likeness (QED) is 0.725. The molecule has 3 rings (SSSR count). The highest BCUT2D eigenvalue weighted by molar-refractivity contribution is 7.89. The Balaban J connectivity index is 2.02. The van der Waals surface area contributed by atoms with E-state index in [-0.39, 0.29) is 10.9 Å². The van der Waals surface area contributed by atoms with Crippen molar-refractivity contribution in [2.75, 3.05) is 20.6 Å². The Bertz CT molecular complexity index is 1000. The first kappa shape index (κ1) is 18.5. The van der Waals surface area contributed by atoms with Crippen molar-refractivity contribution in [3.05, 3.63) is 71.9 Å². The summed E-state index contributed by atoms with van der Waals surface area (Å²) >= 11 is 0. The van der Waals surface area contributed by atoms with Crippen LogP contribution in [0.5, 0.6) is 0 Å². The SMILES string of the molecule is Cc1cnc2c(S(=O)(=O)N[C@H](CN(C)C)c3ccccc3)cccc2c1. The summed E-state index contributed by atoms with van der Waals surface area (Å²) in [6.07, 6.45) is 1.69. The van der Waals surface area contributed by atoms with E-state index in [9.17, 15) is 8.42 Å². The van der Waals surface area contributed by atoms with Gasteiger partial charge < -0.3 is 4.90 Å². The number of hydrogen-bond donors (Lipinski definition) is 1. The van der Waals surface area contributed by atoms with E-state index in [1.807, 2.05) is 68.4 Å². The third-order valence-electron chi connectivity index (χ3n) is 4.15. The number of benzene rings is 2. The number of rotatable bonds is 6. The predicted octanol–water partition coefficient (Wildman–Crippen LogP) is 3.12. The molecule has 0 saturated carbocycles. The van der Waals surface area contributed by atoms with Crippen LogP contribution < -0.4 is 4.72 Å². The maximum atomic E-state index is 13.1. The molecule has 0 aliphatic heterocycles. The molecule has 0 unspecified atom stereocenters. The van der Waals surface area contributed by atoms with Crippen LogP contribution in [0.1, 0.15) is 17.2 Å². The van der Waals surface area contributed by atoms with Crippen LogP contribution in [-0.4, -0.2) is 38.9 Å². The van der Waals surface area contributed by atoms with Gasteiger partial charge in [0, 0.05) is 18.1 Å². The molecule has 2 aromatic carbocycles. The molecular formula is C20H23N3O2S. The molecule has 0 radical (unpaired) electrons. The van der Waals surface area contributed by atoms with Crippen LogP contribution in [0.4, 0.5) is 0 Å². The zero-order valence-corrected chi connectivity index (χ0v) is 16.0. The van der Waals surface area contributed by atoms with E-state index < -0.39 is 10.0 Å². The van der Waals surface area contributed by atoms with Gasteiger partial charge in [-0.25, -0.2) is 13.1 Å². The third-order valence-corrected chi connectivity index (χ3v) is 5.65. The number of nitrogens with zero attached hydrogens (tertiary/aromatic N) is 2. The highest BCUT2D eigenvalue weighted by Crippen LogP contribution is 2.24. The van der Waals surface area contributed by atoms with Crippen molar-refractivity contribution in [3.8, 4) is 0 Å². The molecule has 1 N–H and O–H groups in total. The van der Waals surface area contributed by atoms with Gasteiger partial charge >= 0.3 is 0 Å². The Labute approximate surface area is 154 Å². The summed E-state index contributed by atoms with van der Waals surface area (Å²) in [5, 5.41) is 0.816. The lowest BCUT2D eigenvalue weighted by atomic mass is 10.1. The molecule has 0 spiro atoms. The van der Waals surface area contributed by atoms with E-state index in [0.29, 0.717) is 12.1 Å². The van der Waals surface area contributed by atoms with Gasteiger partial charge in [-0.1, -0.05) is 42.5 Å². The number of nitrogens with one attached hydrogen (secondary N) is 1. The van der Waals surface area contributed by atoms with E-state index in [4.69, 9.17) is 0 Å². The number of sulfonamides is 1. The zero-order chi connectivity index (χ0) is 18.7. The van der Waals surface area contributed by atoms with Gasteiger partial charge in [-0.15, -0.1) is 0 Å². The van der Waals surface area contributed by atoms with Gasteiger partial charge in [0.05, 0.1) is 11.6 Å². The standard InChI is InChI=1S/C20H23N3O2S/c1-15-12-17-10-7-11-19(20(17)21-13-15)26(24,25)22-18(14-23(2)3)16-8-5-4-6-9-16/h4-13,18,22H,14H2,1-3H3/t18-/m1/s1. The van der Waals surface area contributed by atoms with Crippen molar-refractivity contribution in [3.63, 3.8) is 0 Å². The maximum absolute atomic E-state index is 13.1. The number of pyridine rings is 1. The first-order valence-electron chi connectivity index (χ1n) is 8.44.